The summed E-state index contributed by atoms with van der Waals surface area (Å²) in [7, 11) is -1.79. The SMILES string of the molecule is CC(=O)N/C=C/[S@@](=O)C1=C(C(=O)O)N2C(=O)[C@H](C(C)(C)O)[C@@H]2C1. The molecular formula is C14H18N2O6S. The molecule has 0 bridgehead atoms. The smallest absolute Gasteiger partial charge is 0.353 e. The summed E-state index contributed by atoms with van der Waals surface area (Å²) in [6, 6.07) is -0.512. The van der Waals surface area contributed by atoms with Gasteiger partial charge < -0.3 is 20.4 Å². The van der Waals surface area contributed by atoms with Crippen LogP contribution in [0.1, 0.15) is 27.2 Å². The van der Waals surface area contributed by atoms with Gasteiger partial charge in [0, 0.05) is 25.0 Å². The van der Waals surface area contributed by atoms with E-state index in [1.54, 1.807) is 0 Å². The summed E-state index contributed by atoms with van der Waals surface area (Å²) in [6.07, 6.45) is 1.29. The predicted octanol–water partition coefficient (Wildman–Crippen LogP) is -0.360. The van der Waals surface area contributed by atoms with Crippen molar-refractivity contribution in [2.75, 3.05) is 0 Å². The monoisotopic (exact) mass is 342 g/mol. The zero-order valence-corrected chi connectivity index (χ0v) is 13.7. The number of carbonyl (C=O) groups is 3. The van der Waals surface area contributed by atoms with Crippen LogP contribution >= 0.6 is 0 Å². The van der Waals surface area contributed by atoms with Crippen LogP contribution in [0.15, 0.2) is 22.2 Å². The molecule has 0 aliphatic carbocycles. The molecule has 0 aromatic carbocycles. The first-order valence-corrected chi connectivity index (χ1v) is 8.13. The number of nitrogens with zero attached hydrogens (tertiary/aromatic N) is 1. The molecule has 1 saturated heterocycles. The first-order chi connectivity index (χ1) is 10.6. The normalized spacial score (nSPS) is 25.4. The molecule has 0 saturated carbocycles. The van der Waals surface area contributed by atoms with Crippen molar-refractivity contribution < 1.29 is 28.8 Å². The second kappa shape index (κ2) is 5.89. The van der Waals surface area contributed by atoms with E-state index in [0.717, 1.165) is 10.3 Å². The third-order valence-corrected chi connectivity index (χ3v) is 5.03. The van der Waals surface area contributed by atoms with Gasteiger partial charge in [-0.15, -0.1) is 0 Å². The first kappa shape index (κ1) is 17.4. The van der Waals surface area contributed by atoms with Gasteiger partial charge in [0.15, 0.2) is 0 Å². The largest absolute Gasteiger partial charge is 0.477 e. The number of aliphatic hydroxyl groups is 1. The lowest BCUT2D eigenvalue weighted by Gasteiger charge is -2.48. The molecule has 2 aliphatic heterocycles. The van der Waals surface area contributed by atoms with Crippen molar-refractivity contribution in [3.05, 3.63) is 22.2 Å². The number of carboxylic acid groups (broad SMARTS) is 1. The Morgan fingerprint density at radius 1 is 1.43 bits per heavy atom. The van der Waals surface area contributed by atoms with Gasteiger partial charge in [-0.3, -0.25) is 9.59 Å². The van der Waals surface area contributed by atoms with Gasteiger partial charge in [0.25, 0.3) is 0 Å². The number of hydrogen-bond donors (Lipinski definition) is 3. The molecular weight excluding hydrogens is 324 g/mol. The quantitative estimate of drug-likeness (QED) is 0.586. The van der Waals surface area contributed by atoms with Gasteiger partial charge in [-0.2, -0.15) is 0 Å². The zero-order chi connectivity index (χ0) is 17.5. The number of rotatable bonds is 5. The number of hydrogen-bond acceptors (Lipinski definition) is 5. The van der Waals surface area contributed by atoms with Crippen LogP contribution in [0.5, 0.6) is 0 Å². The van der Waals surface area contributed by atoms with E-state index in [4.69, 9.17) is 0 Å². The van der Waals surface area contributed by atoms with Gasteiger partial charge in [0.2, 0.25) is 11.8 Å². The molecule has 2 rings (SSSR count). The van der Waals surface area contributed by atoms with Crippen LogP contribution in [0, 0.1) is 5.92 Å². The summed E-state index contributed by atoms with van der Waals surface area (Å²) in [4.78, 5) is 35.6. The van der Waals surface area contributed by atoms with Gasteiger partial charge in [0.05, 0.1) is 33.3 Å². The van der Waals surface area contributed by atoms with Gasteiger partial charge in [-0.05, 0) is 13.8 Å². The molecule has 2 heterocycles. The Balaban J connectivity index is 2.28. The first-order valence-electron chi connectivity index (χ1n) is 6.92. The highest BCUT2D eigenvalue weighted by molar-refractivity contribution is 7.91. The van der Waals surface area contributed by atoms with Crippen molar-refractivity contribution in [1.82, 2.24) is 10.2 Å². The minimum Gasteiger partial charge on any atom is -0.477 e. The minimum atomic E-state index is -1.79. The van der Waals surface area contributed by atoms with E-state index in [1.807, 2.05) is 0 Å². The van der Waals surface area contributed by atoms with Crippen LogP contribution in [0.3, 0.4) is 0 Å². The van der Waals surface area contributed by atoms with Crippen LogP contribution in [0.2, 0.25) is 0 Å². The Bertz CT molecular complexity index is 661. The Hall–Kier alpha value is -2.00. The average Bonchev–Trinajstić information content (AvgIpc) is 2.71. The second-order valence-electron chi connectivity index (χ2n) is 5.99. The number of carboxylic acids is 1. The fourth-order valence-corrected chi connectivity index (χ4v) is 3.99. The Morgan fingerprint density at radius 2 is 2.04 bits per heavy atom. The van der Waals surface area contributed by atoms with E-state index in [0.29, 0.717) is 0 Å². The molecule has 23 heavy (non-hydrogen) atoms. The topological polar surface area (TPSA) is 124 Å². The van der Waals surface area contributed by atoms with Crippen LogP contribution < -0.4 is 5.32 Å². The molecule has 0 spiro atoms. The van der Waals surface area contributed by atoms with Crippen molar-refractivity contribution in [1.29, 1.82) is 0 Å². The minimum absolute atomic E-state index is 0.101. The summed E-state index contributed by atoms with van der Waals surface area (Å²) < 4.78 is 12.3. The van der Waals surface area contributed by atoms with E-state index < -0.39 is 40.2 Å². The van der Waals surface area contributed by atoms with Crippen molar-refractivity contribution in [3.8, 4) is 0 Å². The molecule has 3 N–H and O–H groups in total. The molecule has 126 valence electrons. The van der Waals surface area contributed by atoms with Crippen molar-refractivity contribution in [2.45, 2.75) is 38.8 Å². The number of nitrogens with one attached hydrogen (secondary N) is 1. The lowest BCUT2D eigenvalue weighted by atomic mass is 9.76. The standard InChI is InChI=1S/C14H18N2O6S/c1-7(17)15-4-5-23(22)9-6-8-10(14(2,3)21)12(18)16(8)11(9)13(19)20/h4-5,8,10,21H,6H2,1-3H3,(H,15,17)(H,19,20)/b5-4+/t8-,10+,23+/m0/s1. The van der Waals surface area contributed by atoms with Crippen molar-refractivity contribution in [2.24, 2.45) is 5.92 Å². The van der Waals surface area contributed by atoms with E-state index in [-0.39, 0.29) is 22.9 Å². The highest BCUT2D eigenvalue weighted by Gasteiger charge is 2.60. The number of β-lactam (4-membered cyclic amide) rings is 1. The summed E-state index contributed by atoms with van der Waals surface area (Å²) in [5.74, 6) is -2.91. The summed E-state index contributed by atoms with van der Waals surface area (Å²) in [5.41, 5.74) is -1.59. The maximum absolute atomic E-state index is 12.3. The van der Waals surface area contributed by atoms with E-state index in [2.05, 4.69) is 5.32 Å². The van der Waals surface area contributed by atoms with Gasteiger partial charge >= 0.3 is 5.97 Å². The van der Waals surface area contributed by atoms with E-state index >= 15 is 0 Å². The number of fused-ring (bicyclic) bond motifs is 1. The molecule has 8 nitrogen and oxygen atoms in total. The molecule has 9 heteroatoms. The second-order valence-corrected chi connectivity index (χ2v) is 7.35. The third kappa shape index (κ3) is 3.06. The van der Waals surface area contributed by atoms with Crippen LogP contribution in [0.25, 0.3) is 0 Å². The van der Waals surface area contributed by atoms with Gasteiger partial charge in [-0.25, -0.2) is 9.00 Å². The highest BCUT2D eigenvalue weighted by Crippen LogP contribution is 2.47. The number of carbonyl (C=O) groups excluding carboxylic acids is 2. The Kier molecular flexibility index (Phi) is 4.45. The molecule has 0 unspecified atom stereocenters. The van der Waals surface area contributed by atoms with Crippen LogP contribution in [-0.4, -0.2) is 48.7 Å². The third-order valence-electron chi connectivity index (χ3n) is 3.80. The Labute approximate surface area is 135 Å². The maximum atomic E-state index is 12.3. The van der Waals surface area contributed by atoms with Gasteiger partial charge in [-0.1, -0.05) is 0 Å². The van der Waals surface area contributed by atoms with Crippen LogP contribution in [0.4, 0.5) is 0 Å². The molecule has 2 amide bonds. The number of amides is 2. The Morgan fingerprint density at radius 3 is 2.52 bits per heavy atom. The van der Waals surface area contributed by atoms with Gasteiger partial charge in [0.1, 0.15) is 5.70 Å². The van der Waals surface area contributed by atoms with Crippen molar-refractivity contribution in [3.63, 3.8) is 0 Å². The molecule has 2 aliphatic rings. The lowest BCUT2D eigenvalue weighted by molar-refractivity contribution is -0.169. The number of aliphatic carboxylic acids is 1. The molecule has 1 fully saturated rings. The molecule has 0 aromatic rings. The fraction of sp³-hybridized carbons (Fsp3) is 0.500. The van der Waals surface area contributed by atoms with Crippen molar-refractivity contribution >= 4 is 28.6 Å². The lowest BCUT2D eigenvalue weighted by Crippen LogP contribution is -2.65. The zero-order valence-electron chi connectivity index (χ0n) is 12.9. The fourth-order valence-electron chi connectivity index (χ4n) is 2.92. The summed E-state index contributed by atoms with van der Waals surface area (Å²) in [6.45, 7) is 4.25. The van der Waals surface area contributed by atoms with E-state index in [9.17, 15) is 28.8 Å². The highest BCUT2D eigenvalue weighted by atomic mass is 32.2. The molecule has 0 radical (unpaired) electrons. The predicted molar refractivity (Wildman–Crippen MR) is 80.8 cm³/mol. The average molecular weight is 342 g/mol. The molecule has 0 aromatic heterocycles. The van der Waals surface area contributed by atoms with E-state index in [1.165, 1.54) is 27.0 Å². The maximum Gasteiger partial charge on any atom is 0.353 e. The van der Waals surface area contributed by atoms with Crippen LogP contribution in [-0.2, 0) is 25.2 Å². The summed E-state index contributed by atoms with van der Waals surface area (Å²) >= 11 is 0. The molecule has 3 atom stereocenters. The summed E-state index contributed by atoms with van der Waals surface area (Å²) in [5, 5.41) is 22.9.